The minimum absolute atomic E-state index is 0.0150. The zero-order valence-electron chi connectivity index (χ0n) is 12.0. The van der Waals surface area contributed by atoms with Gasteiger partial charge in [-0.3, -0.25) is 4.79 Å². The van der Waals surface area contributed by atoms with Gasteiger partial charge < -0.3 is 9.64 Å². The fraction of sp³-hybridized carbons (Fsp3) is 0.467. The summed E-state index contributed by atoms with van der Waals surface area (Å²) in [5.74, 6) is -0.175. The molecule has 4 nitrogen and oxygen atoms in total. The normalized spacial score (nSPS) is 23.2. The van der Waals surface area contributed by atoms with E-state index in [9.17, 15) is 9.59 Å². The lowest BCUT2D eigenvalue weighted by Crippen LogP contribution is -2.25. The molecule has 0 bridgehead atoms. The van der Waals surface area contributed by atoms with Crippen molar-refractivity contribution < 1.29 is 14.3 Å². The second kappa shape index (κ2) is 6.22. The maximum absolute atomic E-state index is 11.9. The van der Waals surface area contributed by atoms with Crippen LogP contribution in [0.4, 0.5) is 0 Å². The van der Waals surface area contributed by atoms with E-state index in [0.29, 0.717) is 12.0 Å². The van der Waals surface area contributed by atoms with Gasteiger partial charge in [0, 0.05) is 29.8 Å². The summed E-state index contributed by atoms with van der Waals surface area (Å²) in [4.78, 5) is 26.5. The van der Waals surface area contributed by atoms with Crippen molar-refractivity contribution in [2.45, 2.75) is 26.3 Å². The van der Waals surface area contributed by atoms with Crippen molar-refractivity contribution in [1.29, 1.82) is 0 Å². The Kier molecular flexibility index (Phi) is 4.60. The summed E-state index contributed by atoms with van der Waals surface area (Å²) in [7, 11) is 1.81. The van der Waals surface area contributed by atoms with Crippen molar-refractivity contribution in [2.24, 2.45) is 5.92 Å². The molecule has 2 unspecified atom stereocenters. The first-order valence-electron chi connectivity index (χ1n) is 6.63. The third-order valence-corrected chi connectivity index (χ3v) is 4.66. The topological polar surface area (TPSA) is 46.6 Å². The van der Waals surface area contributed by atoms with Gasteiger partial charge in [-0.25, -0.2) is 4.79 Å². The molecular formula is C15H19NO3S. The second-order valence-corrected chi connectivity index (χ2v) is 5.98. The molecule has 1 amide bonds. The summed E-state index contributed by atoms with van der Waals surface area (Å²) in [5, 5.41) is 2.00. The monoisotopic (exact) mass is 293 g/mol. The van der Waals surface area contributed by atoms with Crippen LogP contribution in [-0.4, -0.2) is 30.4 Å². The summed E-state index contributed by atoms with van der Waals surface area (Å²) in [6.45, 7) is 3.81. The van der Waals surface area contributed by atoms with Crippen LogP contribution in [0.2, 0.25) is 0 Å². The summed E-state index contributed by atoms with van der Waals surface area (Å²) in [6, 6.07) is 4.02. The molecule has 2 heterocycles. The number of rotatable bonds is 4. The molecule has 0 aliphatic carbocycles. The highest BCUT2D eigenvalue weighted by Gasteiger charge is 2.39. The van der Waals surface area contributed by atoms with E-state index in [0.717, 1.165) is 4.88 Å². The molecule has 1 saturated heterocycles. The SMILES string of the molecule is CC=C(C)C(=O)OCC1CC(=O)N(C)C1c1cccs1. The van der Waals surface area contributed by atoms with Gasteiger partial charge >= 0.3 is 5.97 Å². The third kappa shape index (κ3) is 2.93. The number of nitrogens with zero attached hydrogens (tertiary/aromatic N) is 1. The van der Waals surface area contributed by atoms with Crippen LogP contribution in [0.1, 0.15) is 31.2 Å². The second-order valence-electron chi connectivity index (χ2n) is 5.00. The number of esters is 1. The van der Waals surface area contributed by atoms with Crippen LogP contribution in [0.15, 0.2) is 29.2 Å². The lowest BCUT2D eigenvalue weighted by molar-refractivity contribution is -0.140. The minimum Gasteiger partial charge on any atom is -0.462 e. The fourth-order valence-corrected chi connectivity index (χ4v) is 3.36. The van der Waals surface area contributed by atoms with Crippen molar-refractivity contribution in [1.82, 2.24) is 4.90 Å². The van der Waals surface area contributed by atoms with E-state index in [1.807, 2.05) is 24.6 Å². The Morgan fingerprint density at radius 2 is 2.35 bits per heavy atom. The van der Waals surface area contributed by atoms with Gasteiger partial charge in [-0.15, -0.1) is 11.3 Å². The Morgan fingerprint density at radius 1 is 1.60 bits per heavy atom. The molecule has 1 aliphatic heterocycles. The van der Waals surface area contributed by atoms with E-state index in [-0.39, 0.29) is 30.4 Å². The number of carbonyl (C=O) groups excluding carboxylic acids is 2. The zero-order chi connectivity index (χ0) is 14.7. The molecule has 0 spiro atoms. The molecule has 1 aromatic heterocycles. The first-order valence-corrected chi connectivity index (χ1v) is 7.51. The largest absolute Gasteiger partial charge is 0.462 e. The molecule has 1 aliphatic rings. The van der Waals surface area contributed by atoms with Crippen LogP contribution in [0.25, 0.3) is 0 Å². The fourth-order valence-electron chi connectivity index (χ4n) is 2.40. The van der Waals surface area contributed by atoms with E-state index in [2.05, 4.69) is 0 Å². The van der Waals surface area contributed by atoms with Crippen LogP contribution in [0.3, 0.4) is 0 Å². The molecule has 2 atom stereocenters. The van der Waals surface area contributed by atoms with Gasteiger partial charge in [0.25, 0.3) is 0 Å². The summed E-state index contributed by atoms with van der Waals surface area (Å²) in [6.07, 6.45) is 2.16. The standard InChI is InChI=1S/C15H19NO3S/c1-4-10(2)15(18)19-9-11-8-13(17)16(3)14(11)12-6-5-7-20-12/h4-7,11,14H,8-9H2,1-3H3. The number of allylic oxidation sites excluding steroid dienone is 1. The van der Waals surface area contributed by atoms with Crippen LogP contribution in [-0.2, 0) is 14.3 Å². The van der Waals surface area contributed by atoms with Gasteiger partial charge in [0.15, 0.2) is 0 Å². The Hall–Kier alpha value is -1.62. The van der Waals surface area contributed by atoms with E-state index in [1.165, 1.54) is 0 Å². The van der Waals surface area contributed by atoms with E-state index in [4.69, 9.17) is 4.74 Å². The van der Waals surface area contributed by atoms with Crippen LogP contribution in [0, 0.1) is 5.92 Å². The van der Waals surface area contributed by atoms with Gasteiger partial charge in [-0.05, 0) is 25.3 Å². The Balaban J connectivity index is 2.06. The van der Waals surface area contributed by atoms with Crippen molar-refractivity contribution in [3.63, 3.8) is 0 Å². The number of ether oxygens (including phenoxy) is 1. The minimum atomic E-state index is -0.306. The molecule has 1 aromatic rings. The predicted octanol–water partition coefficient (Wildman–Crippen LogP) is 2.78. The number of hydrogen-bond donors (Lipinski definition) is 0. The highest BCUT2D eigenvalue weighted by molar-refractivity contribution is 7.10. The van der Waals surface area contributed by atoms with E-state index >= 15 is 0 Å². The molecule has 0 radical (unpaired) electrons. The number of likely N-dealkylation sites (tertiary alicyclic amines) is 1. The Morgan fingerprint density at radius 3 is 2.95 bits per heavy atom. The molecule has 0 saturated carbocycles. The van der Waals surface area contributed by atoms with Crippen molar-refractivity contribution in [2.75, 3.05) is 13.7 Å². The Bertz CT molecular complexity index is 521. The lowest BCUT2D eigenvalue weighted by Gasteiger charge is -2.23. The maximum atomic E-state index is 11.9. The molecule has 5 heteroatoms. The highest BCUT2D eigenvalue weighted by Crippen LogP contribution is 2.39. The molecule has 20 heavy (non-hydrogen) atoms. The van der Waals surface area contributed by atoms with Crippen LogP contribution < -0.4 is 0 Å². The lowest BCUT2D eigenvalue weighted by atomic mass is 10.00. The summed E-state index contributed by atoms with van der Waals surface area (Å²) in [5.41, 5.74) is 0.593. The van der Waals surface area contributed by atoms with E-state index < -0.39 is 0 Å². The molecule has 0 aromatic carbocycles. The molecule has 1 fully saturated rings. The van der Waals surface area contributed by atoms with Crippen LogP contribution >= 0.6 is 11.3 Å². The molecule has 108 valence electrons. The van der Waals surface area contributed by atoms with Gasteiger partial charge in [-0.2, -0.15) is 0 Å². The van der Waals surface area contributed by atoms with E-state index in [1.54, 1.807) is 36.2 Å². The molecule has 0 N–H and O–H groups in total. The van der Waals surface area contributed by atoms with Crippen molar-refractivity contribution in [3.8, 4) is 0 Å². The third-order valence-electron chi connectivity index (χ3n) is 3.71. The first kappa shape index (κ1) is 14.8. The van der Waals surface area contributed by atoms with Gasteiger partial charge in [-0.1, -0.05) is 12.1 Å². The maximum Gasteiger partial charge on any atom is 0.333 e. The zero-order valence-corrected chi connectivity index (χ0v) is 12.8. The van der Waals surface area contributed by atoms with Gasteiger partial charge in [0.1, 0.15) is 0 Å². The molecule has 2 rings (SSSR count). The average Bonchev–Trinajstić information content (AvgIpc) is 3.04. The van der Waals surface area contributed by atoms with Gasteiger partial charge in [0.2, 0.25) is 5.91 Å². The first-order chi connectivity index (χ1) is 9.54. The van der Waals surface area contributed by atoms with Gasteiger partial charge in [0.05, 0.1) is 12.6 Å². The number of carbonyl (C=O) groups is 2. The summed E-state index contributed by atoms with van der Waals surface area (Å²) < 4.78 is 5.32. The number of thiophene rings is 1. The van der Waals surface area contributed by atoms with Crippen molar-refractivity contribution in [3.05, 3.63) is 34.0 Å². The highest BCUT2D eigenvalue weighted by atomic mass is 32.1. The quantitative estimate of drug-likeness (QED) is 0.633. The van der Waals surface area contributed by atoms with Crippen LogP contribution in [0.5, 0.6) is 0 Å². The smallest absolute Gasteiger partial charge is 0.333 e. The number of amides is 1. The predicted molar refractivity (Wildman–Crippen MR) is 78.3 cm³/mol. The summed E-state index contributed by atoms with van der Waals surface area (Å²) >= 11 is 1.63. The number of hydrogen-bond acceptors (Lipinski definition) is 4. The van der Waals surface area contributed by atoms with Crippen molar-refractivity contribution >= 4 is 23.2 Å². The molecular weight excluding hydrogens is 274 g/mol. The average molecular weight is 293 g/mol. The Labute approximate surface area is 123 Å².